The van der Waals surface area contributed by atoms with Gasteiger partial charge in [-0.3, -0.25) is 19.7 Å². The van der Waals surface area contributed by atoms with E-state index in [0.29, 0.717) is 29.9 Å². The Kier molecular flexibility index (Phi) is 16.1. The van der Waals surface area contributed by atoms with Crippen LogP contribution in [-0.2, 0) is 11.2 Å². The SMILES string of the molecule is C/C=C(/C(=O)C1COc2ccc(OC)cc2C1)c1cnc(-c2c[nH][nH]c2=O)cc1C(C)C.CC.CC.CCCCC. The summed E-state index contributed by atoms with van der Waals surface area (Å²) in [4.78, 5) is 30.1. The molecule has 1 unspecified atom stereocenters. The highest BCUT2D eigenvalue weighted by atomic mass is 16.5. The van der Waals surface area contributed by atoms with E-state index in [4.69, 9.17) is 9.47 Å². The number of Topliss-reactive ketones (excluding diaryl/α,β-unsaturated/α-hetero) is 1. The van der Waals surface area contributed by atoms with Crippen LogP contribution in [0.4, 0.5) is 0 Å². The normalized spacial score (nSPS) is 13.7. The van der Waals surface area contributed by atoms with Crippen LogP contribution in [-0.4, -0.2) is 34.7 Å². The number of nitrogens with one attached hydrogen (secondary N) is 2. The lowest BCUT2D eigenvalue weighted by Crippen LogP contribution is -2.29. The summed E-state index contributed by atoms with van der Waals surface area (Å²) in [6.07, 6.45) is 9.80. The number of hydrogen-bond donors (Lipinski definition) is 2. The lowest BCUT2D eigenvalue weighted by molar-refractivity contribution is -0.118. The topological polar surface area (TPSA) is 97.1 Å². The van der Waals surface area contributed by atoms with E-state index < -0.39 is 0 Å². The van der Waals surface area contributed by atoms with Gasteiger partial charge in [-0.05, 0) is 54.7 Å². The zero-order chi connectivity index (χ0) is 30.9. The number of nitrogens with zero attached hydrogens (tertiary/aromatic N) is 1. The number of ketones is 1. The molecule has 2 aromatic heterocycles. The lowest BCUT2D eigenvalue weighted by Gasteiger charge is -2.26. The number of aromatic nitrogens is 3. The molecule has 7 heteroatoms. The van der Waals surface area contributed by atoms with Gasteiger partial charge < -0.3 is 14.6 Å². The molecule has 0 amide bonds. The van der Waals surface area contributed by atoms with Crippen LogP contribution in [0.3, 0.4) is 0 Å². The van der Waals surface area contributed by atoms with Gasteiger partial charge in [-0.2, -0.15) is 0 Å². The number of fused-ring (bicyclic) bond motifs is 1. The van der Waals surface area contributed by atoms with Crippen molar-refractivity contribution in [2.45, 2.75) is 93.9 Å². The fourth-order valence-electron chi connectivity index (χ4n) is 4.49. The Hall–Kier alpha value is -3.61. The molecular weight excluding hydrogens is 514 g/mol. The summed E-state index contributed by atoms with van der Waals surface area (Å²) in [5.74, 6) is 1.40. The summed E-state index contributed by atoms with van der Waals surface area (Å²) in [7, 11) is 1.62. The number of unbranched alkanes of at least 4 members (excludes halogenated alkanes) is 2. The van der Waals surface area contributed by atoms with Crippen LogP contribution < -0.4 is 15.0 Å². The molecule has 41 heavy (non-hydrogen) atoms. The third kappa shape index (κ3) is 9.48. The van der Waals surface area contributed by atoms with Crippen LogP contribution >= 0.6 is 0 Å². The Bertz CT molecular complexity index is 1290. The van der Waals surface area contributed by atoms with Crippen LogP contribution in [0.1, 0.15) is 104 Å². The maximum Gasteiger partial charge on any atom is 0.273 e. The van der Waals surface area contributed by atoms with Gasteiger partial charge in [0.1, 0.15) is 11.5 Å². The molecule has 1 atom stereocenters. The quantitative estimate of drug-likeness (QED) is 0.267. The van der Waals surface area contributed by atoms with Crippen molar-refractivity contribution >= 4 is 11.4 Å². The number of methoxy groups -OCH3 is 1. The molecular formula is C34H51N3O4. The summed E-state index contributed by atoms with van der Waals surface area (Å²) >= 11 is 0. The predicted molar refractivity (Wildman–Crippen MR) is 171 cm³/mol. The number of pyridine rings is 1. The average molecular weight is 566 g/mol. The van der Waals surface area contributed by atoms with Crippen molar-refractivity contribution in [3.05, 3.63) is 69.8 Å². The third-order valence-electron chi connectivity index (χ3n) is 6.58. The molecule has 3 heterocycles. The van der Waals surface area contributed by atoms with Gasteiger partial charge in [0.05, 0.1) is 30.9 Å². The molecule has 0 saturated heterocycles. The fraction of sp³-hybridized carbons (Fsp3) is 0.500. The molecule has 226 valence electrons. The summed E-state index contributed by atoms with van der Waals surface area (Å²) in [5.41, 5.74) is 4.17. The summed E-state index contributed by atoms with van der Waals surface area (Å²) in [6.45, 7) is 18.7. The highest BCUT2D eigenvalue weighted by molar-refractivity contribution is 6.22. The number of carbonyl (C=O) groups excluding carboxylic acids is 1. The molecule has 0 saturated carbocycles. The van der Waals surface area contributed by atoms with Gasteiger partial charge in [0, 0.05) is 23.5 Å². The monoisotopic (exact) mass is 565 g/mol. The number of ether oxygens (including phenoxy) is 2. The number of aromatic amines is 2. The fourth-order valence-corrected chi connectivity index (χ4v) is 4.49. The van der Waals surface area contributed by atoms with Gasteiger partial charge in [0.15, 0.2) is 5.78 Å². The van der Waals surface area contributed by atoms with E-state index in [9.17, 15) is 9.59 Å². The van der Waals surface area contributed by atoms with Crippen molar-refractivity contribution in [3.63, 3.8) is 0 Å². The lowest BCUT2D eigenvalue weighted by atomic mass is 9.84. The minimum absolute atomic E-state index is 0.0249. The molecule has 1 aromatic carbocycles. The Morgan fingerprint density at radius 3 is 2.34 bits per heavy atom. The Morgan fingerprint density at radius 2 is 1.83 bits per heavy atom. The van der Waals surface area contributed by atoms with E-state index in [-0.39, 0.29) is 23.2 Å². The zero-order valence-corrected chi connectivity index (χ0v) is 26.8. The second-order valence-electron chi connectivity index (χ2n) is 9.57. The summed E-state index contributed by atoms with van der Waals surface area (Å²) < 4.78 is 11.2. The second kappa shape index (κ2) is 18.7. The molecule has 0 bridgehead atoms. The maximum atomic E-state index is 13.6. The predicted octanol–water partition coefficient (Wildman–Crippen LogP) is 8.37. The molecule has 1 aliphatic rings. The van der Waals surface area contributed by atoms with Crippen molar-refractivity contribution in [1.82, 2.24) is 15.2 Å². The number of H-pyrrole nitrogens is 2. The zero-order valence-electron chi connectivity index (χ0n) is 26.8. The highest BCUT2D eigenvalue weighted by Gasteiger charge is 2.30. The van der Waals surface area contributed by atoms with Crippen molar-refractivity contribution in [3.8, 4) is 22.8 Å². The number of allylic oxidation sites excluding steroid dienone is 2. The third-order valence-corrected chi connectivity index (χ3v) is 6.58. The van der Waals surface area contributed by atoms with E-state index in [0.717, 1.165) is 28.2 Å². The molecule has 0 spiro atoms. The minimum Gasteiger partial charge on any atom is -0.497 e. The first kappa shape index (κ1) is 35.4. The summed E-state index contributed by atoms with van der Waals surface area (Å²) in [6, 6.07) is 7.56. The molecule has 0 radical (unpaired) electrons. The van der Waals surface area contributed by atoms with Gasteiger partial charge in [0.25, 0.3) is 5.56 Å². The van der Waals surface area contributed by atoms with Crippen LogP contribution in [0, 0.1) is 5.92 Å². The Morgan fingerprint density at radius 1 is 1.15 bits per heavy atom. The summed E-state index contributed by atoms with van der Waals surface area (Å²) in [5, 5.41) is 5.24. The van der Waals surface area contributed by atoms with E-state index >= 15 is 0 Å². The molecule has 4 rings (SSSR count). The van der Waals surface area contributed by atoms with Crippen LogP contribution in [0.25, 0.3) is 16.8 Å². The smallest absolute Gasteiger partial charge is 0.273 e. The van der Waals surface area contributed by atoms with Gasteiger partial charge >= 0.3 is 0 Å². The molecule has 1 aliphatic heterocycles. The van der Waals surface area contributed by atoms with Gasteiger partial charge in [-0.15, -0.1) is 0 Å². The number of rotatable bonds is 8. The first-order chi connectivity index (χ1) is 19.8. The molecule has 0 fully saturated rings. The minimum atomic E-state index is -0.298. The van der Waals surface area contributed by atoms with Crippen molar-refractivity contribution < 1.29 is 14.3 Å². The van der Waals surface area contributed by atoms with Crippen molar-refractivity contribution in [1.29, 1.82) is 0 Å². The first-order valence-electron chi connectivity index (χ1n) is 15.1. The van der Waals surface area contributed by atoms with Gasteiger partial charge in [-0.25, -0.2) is 0 Å². The number of carbonyl (C=O) groups is 1. The van der Waals surface area contributed by atoms with Crippen molar-refractivity contribution in [2.75, 3.05) is 13.7 Å². The van der Waals surface area contributed by atoms with E-state index in [1.165, 1.54) is 19.3 Å². The maximum absolute atomic E-state index is 13.6. The van der Waals surface area contributed by atoms with Crippen LogP contribution in [0.5, 0.6) is 11.5 Å². The molecule has 3 aromatic rings. The average Bonchev–Trinajstić information content (AvgIpc) is 3.45. The van der Waals surface area contributed by atoms with E-state index in [2.05, 4.69) is 42.9 Å². The number of hydrogen-bond acceptors (Lipinski definition) is 5. The molecule has 2 N–H and O–H groups in total. The highest BCUT2D eigenvalue weighted by Crippen LogP contribution is 2.35. The Balaban J connectivity index is 0.000000831. The number of benzene rings is 1. The molecule has 7 nitrogen and oxygen atoms in total. The first-order valence-corrected chi connectivity index (χ1v) is 15.1. The second-order valence-corrected chi connectivity index (χ2v) is 9.57. The van der Waals surface area contributed by atoms with E-state index in [1.807, 2.05) is 65.0 Å². The van der Waals surface area contributed by atoms with Crippen molar-refractivity contribution in [2.24, 2.45) is 5.92 Å². The molecule has 0 aliphatic carbocycles. The van der Waals surface area contributed by atoms with Crippen LogP contribution in [0.15, 0.2) is 47.5 Å². The Labute approximate surface area is 246 Å². The van der Waals surface area contributed by atoms with Gasteiger partial charge in [0.2, 0.25) is 0 Å². The van der Waals surface area contributed by atoms with Gasteiger partial charge in [-0.1, -0.05) is 80.7 Å². The largest absolute Gasteiger partial charge is 0.497 e. The van der Waals surface area contributed by atoms with Crippen LogP contribution in [0.2, 0.25) is 0 Å². The standard InChI is InChI=1S/C25H27N3O4.C5H12.2C2H6/c1-5-18(24(29)16-8-15-9-17(31-4)6-7-23(15)32-13-16)20-11-26-22(10-19(20)14(2)3)21-12-27-28-25(21)30;1-3-5-4-2;2*1-2/h5-7,9-12,14,16H,8,13H2,1-4H3,(H2,27,28,30);3-5H2,1-2H3;2*1-2H3/b18-5+;;;. The van der Waals surface area contributed by atoms with E-state index in [1.54, 1.807) is 19.5 Å².